The molecule has 0 atom stereocenters. The molecular formula is C26H19F3. The summed E-state index contributed by atoms with van der Waals surface area (Å²) < 4.78 is 42.2. The Bertz CT molecular complexity index is 1200. The summed E-state index contributed by atoms with van der Waals surface area (Å²) in [5, 5.41) is 0.713. The second-order valence-corrected chi connectivity index (χ2v) is 6.96. The van der Waals surface area contributed by atoms with Crippen molar-refractivity contribution in [3.8, 4) is 22.3 Å². The average Bonchev–Trinajstić information content (AvgIpc) is 2.75. The van der Waals surface area contributed by atoms with Crippen LogP contribution in [0.15, 0.2) is 84.9 Å². The molecule has 0 saturated carbocycles. The SMILES string of the molecule is CC=CCc1ccc(-c2ccc(-c3ccc4c(F)c(F)ccc4c3)c(F)c2)cc1. The van der Waals surface area contributed by atoms with Crippen LogP contribution in [-0.4, -0.2) is 0 Å². The summed E-state index contributed by atoms with van der Waals surface area (Å²) in [5.74, 6) is -2.14. The van der Waals surface area contributed by atoms with Crippen LogP contribution < -0.4 is 0 Å². The maximum absolute atomic E-state index is 14.9. The van der Waals surface area contributed by atoms with Gasteiger partial charge < -0.3 is 0 Å². The lowest BCUT2D eigenvalue weighted by Gasteiger charge is -2.09. The zero-order valence-electron chi connectivity index (χ0n) is 15.9. The molecule has 0 heterocycles. The monoisotopic (exact) mass is 388 g/mol. The van der Waals surface area contributed by atoms with Gasteiger partial charge in [0.25, 0.3) is 0 Å². The van der Waals surface area contributed by atoms with Crippen LogP contribution >= 0.6 is 0 Å². The van der Waals surface area contributed by atoms with Crippen LogP contribution in [0, 0.1) is 17.5 Å². The first-order chi connectivity index (χ1) is 14.1. The van der Waals surface area contributed by atoms with E-state index in [1.54, 1.807) is 18.2 Å². The van der Waals surface area contributed by atoms with Crippen LogP contribution in [0.1, 0.15) is 12.5 Å². The molecule has 0 N–H and O–H groups in total. The van der Waals surface area contributed by atoms with Gasteiger partial charge in [-0.15, -0.1) is 0 Å². The molecular weight excluding hydrogens is 369 g/mol. The third kappa shape index (κ3) is 3.81. The van der Waals surface area contributed by atoms with Crippen molar-refractivity contribution in [2.24, 2.45) is 0 Å². The molecule has 0 fully saturated rings. The van der Waals surface area contributed by atoms with Crippen molar-refractivity contribution in [1.82, 2.24) is 0 Å². The highest BCUT2D eigenvalue weighted by Gasteiger charge is 2.11. The molecule has 0 bridgehead atoms. The van der Waals surface area contributed by atoms with Gasteiger partial charge in [-0.3, -0.25) is 0 Å². The van der Waals surface area contributed by atoms with Crippen molar-refractivity contribution >= 4 is 10.8 Å². The summed E-state index contributed by atoms with van der Waals surface area (Å²) >= 11 is 0. The molecule has 3 heteroatoms. The fourth-order valence-corrected chi connectivity index (χ4v) is 3.45. The first-order valence-electron chi connectivity index (χ1n) is 9.45. The Morgan fingerprint density at radius 3 is 2.14 bits per heavy atom. The van der Waals surface area contributed by atoms with Gasteiger partial charge in [0, 0.05) is 10.9 Å². The fourth-order valence-electron chi connectivity index (χ4n) is 3.45. The highest BCUT2D eigenvalue weighted by molar-refractivity contribution is 5.88. The Balaban J connectivity index is 1.67. The minimum atomic E-state index is -0.891. The van der Waals surface area contributed by atoms with Crippen LogP contribution in [0.3, 0.4) is 0 Å². The minimum absolute atomic E-state index is 0.184. The first kappa shape index (κ1) is 19.0. The van der Waals surface area contributed by atoms with E-state index in [1.165, 1.54) is 23.8 Å². The molecule has 0 spiro atoms. The minimum Gasteiger partial charge on any atom is -0.206 e. The van der Waals surface area contributed by atoms with Gasteiger partial charge in [-0.2, -0.15) is 0 Å². The van der Waals surface area contributed by atoms with Crippen molar-refractivity contribution in [2.45, 2.75) is 13.3 Å². The molecule has 4 aromatic carbocycles. The van der Waals surface area contributed by atoms with Crippen molar-refractivity contribution < 1.29 is 13.2 Å². The lowest BCUT2D eigenvalue weighted by atomic mass is 9.97. The normalized spacial score (nSPS) is 11.4. The topological polar surface area (TPSA) is 0 Å². The van der Waals surface area contributed by atoms with Crippen LogP contribution in [0.5, 0.6) is 0 Å². The third-order valence-electron chi connectivity index (χ3n) is 5.06. The molecule has 0 aliphatic heterocycles. The molecule has 144 valence electrons. The number of fused-ring (bicyclic) bond motifs is 1. The quantitative estimate of drug-likeness (QED) is 0.314. The Kier molecular flexibility index (Phi) is 5.22. The van der Waals surface area contributed by atoms with Crippen LogP contribution in [0.2, 0.25) is 0 Å². The fraction of sp³-hybridized carbons (Fsp3) is 0.0769. The van der Waals surface area contributed by atoms with Gasteiger partial charge in [-0.05, 0) is 59.2 Å². The van der Waals surface area contributed by atoms with E-state index in [9.17, 15) is 13.2 Å². The highest BCUT2D eigenvalue weighted by atomic mass is 19.2. The molecule has 0 aromatic heterocycles. The lowest BCUT2D eigenvalue weighted by Crippen LogP contribution is -1.90. The molecule has 0 aliphatic rings. The number of halogens is 3. The van der Waals surface area contributed by atoms with Crippen LogP contribution in [-0.2, 0) is 6.42 Å². The van der Waals surface area contributed by atoms with Crippen LogP contribution in [0.4, 0.5) is 13.2 Å². The van der Waals surface area contributed by atoms with Gasteiger partial charge in [0.1, 0.15) is 5.82 Å². The van der Waals surface area contributed by atoms with Crippen molar-refractivity contribution in [2.75, 3.05) is 0 Å². The third-order valence-corrected chi connectivity index (χ3v) is 5.06. The van der Waals surface area contributed by atoms with Crippen molar-refractivity contribution in [3.05, 3.63) is 108 Å². The largest absolute Gasteiger partial charge is 0.206 e. The van der Waals surface area contributed by atoms with Crippen LogP contribution in [0.25, 0.3) is 33.0 Å². The first-order valence-corrected chi connectivity index (χ1v) is 9.45. The van der Waals surface area contributed by atoms with Gasteiger partial charge in [0.05, 0.1) is 0 Å². The van der Waals surface area contributed by atoms with E-state index in [1.807, 2.05) is 43.3 Å². The summed E-state index contributed by atoms with van der Waals surface area (Å²) in [6.45, 7) is 1.99. The van der Waals surface area contributed by atoms with E-state index in [-0.39, 0.29) is 11.2 Å². The van der Waals surface area contributed by atoms with Crippen molar-refractivity contribution in [1.29, 1.82) is 0 Å². The standard InChI is InChI=1S/C26H19F3/c1-2-3-4-17-5-7-18(8-6-17)19-9-12-22(25(28)16-19)20-10-13-23-21(15-20)11-14-24(27)26(23)29/h2-3,5-16H,4H2,1H3. The number of benzene rings is 4. The van der Waals surface area contributed by atoms with E-state index in [0.717, 1.165) is 23.6 Å². The van der Waals surface area contributed by atoms with E-state index in [4.69, 9.17) is 0 Å². The molecule has 4 aromatic rings. The second kappa shape index (κ2) is 7.96. The highest BCUT2D eigenvalue weighted by Crippen LogP contribution is 2.31. The van der Waals surface area contributed by atoms with E-state index >= 15 is 0 Å². The molecule has 4 rings (SSSR count). The van der Waals surface area contributed by atoms with Gasteiger partial charge in [-0.1, -0.05) is 66.7 Å². The number of allylic oxidation sites excluding steroid dienone is 2. The number of hydrogen-bond donors (Lipinski definition) is 0. The van der Waals surface area contributed by atoms with E-state index in [0.29, 0.717) is 16.5 Å². The Hall–Kier alpha value is -3.33. The Morgan fingerprint density at radius 2 is 1.41 bits per heavy atom. The average molecular weight is 388 g/mol. The Morgan fingerprint density at radius 1 is 0.690 bits per heavy atom. The summed E-state index contributed by atoms with van der Waals surface area (Å²) in [6.07, 6.45) is 4.98. The summed E-state index contributed by atoms with van der Waals surface area (Å²) in [5.41, 5.74) is 3.97. The lowest BCUT2D eigenvalue weighted by molar-refractivity contribution is 0.517. The summed E-state index contributed by atoms with van der Waals surface area (Å²) in [6, 6.07) is 20.5. The molecule has 0 radical (unpaired) electrons. The zero-order chi connectivity index (χ0) is 20.4. The van der Waals surface area contributed by atoms with Gasteiger partial charge in [0.15, 0.2) is 11.6 Å². The second-order valence-electron chi connectivity index (χ2n) is 6.96. The van der Waals surface area contributed by atoms with E-state index < -0.39 is 11.6 Å². The zero-order valence-corrected chi connectivity index (χ0v) is 15.9. The molecule has 0 nitrogen and oxygen atoms in total. The Labute approximate surface area is 167 Å². The maximum atomic E-state index is 14.9. The predicted molar refractivity (Wildman–Crippen MR) is 113 cm³/mol. The number of rotatable bonds is 4. The van der Waals surface area contributed by atoms with Gasteiger partial charge >= 0.3 is 0 Å². The summed E-state index contributed by atoms with van der Waals surface area (Å²) in [4.78, 5) is 0. The molecule has 0 aliphatic carbocycles. The predicted octanol–water partition coefficient (Wildman–Crippen LogP) is 7.71. The summed E-state index contributed by atoms with van der Waals surface area (Å²) in [7, 11) is 0. The maximum Gasteiger partial charge on any atom is 0.166 e. The molecule has 29 heavy (non-hydrogen) atoms. The molecule has 0 saturated heterocycles. The number of hydrogen-bond acceptors (Lipinski definition) is 0. The van der Waals surface area contributed by atoms with Gasteiger partial charge in [0.2, 0.25) is 0 Å². The van der Waals surface area contributed by atoms with Gasteiger partial charge in [-0.25, -0.2) is 13.2 Å². The molecule has 0 amide bonds. The van der Waals surface area contributed by atoms with E-state index in [2.05, 4.69) is 6.08 Å². The molecule has 0 unspecified atom stereocenters. The smallest absolute Gasteiger partial charge is 0.166 e. The van der Waals surface area contributed by atoms with Crippen molar-refractivity contribution in [3.63, 3.8) is 0 Å².